The molecule has 1 N–H and O–H groups in total. The first-order chi connectivity index (χ1) is 11.5. The van der Waals surface area contributed by atoms with E-state index in [1.54, 1.807) is 10.7 Å². The molecule has 7 heteroatoms. The number of rotatable bonds is 4. The first-order valence-corrected chi connectivity index (χ1v) is 10.0. The number of hydrogen-bond acceptors (Lipinski definition) is 4. The lowest BCUT2D eigenvalue weighted by Gasteiger charge is -2.13. The lowest BCUT2D eigenvalue weighted by Crippen LogP contribution is -2.26. The lowest BCUT2D eigenvalue weighted by atomic mass is 10.1. The summed E-state index contributed by atoms with van der Waals surface area (Å²) in [6, 6.07) is 11.5. The molecular weight excluding hydrogens is 326 g/mol. The summed E-state index contributed by atoms with van der Waals surface area (Å²) in [7, 11) is -3.02. The molecule has 24 heavy (non-hydrogen) atoms. The van der Waals surface area contributed by atoms with Gasteiger partial charge in [0.05, 0.1) is 23.2 Å². The molecule has 1 amide bonds. The fourth-order valence-corrected chi connectivity index (χ4v) is 4.76. The molecule has 2 aliphatic rings. The second-order valence-electron chi connectivity index (χ2n) is 6.53. The summed E-state index contributed by atoms with van der Waals surface area (Å²) >= 11 is 0. The number of amides is 1. The third-order valence-corrected chi connectivity index (χ3v) is 6.26. The van der Waals surface area contributed by atoms with E-state index in [4.69, 9.17) is 0 Å². The Morgan fingerprint density at radius 2 is 1.92 bits per heavy atom. The minimum absolute atomic E-state index is 0.0815. The maximum Gasteiger partial charge on any atom is 0.272 e. The number of nitrogens with zero attached hydrogens (tertiary/aromatic N) is 2. The molecule has 1 aliphatic heterocycles. The average Bonchev–Trinajstić information content (AvgIpc) is 3.14. The van der Waals surface area contributed by atoms with Crippen molar-refractivity contribution < 1.29 is 13.2 Å². The maximum absolute atomic E-state index is 12.3. The fraction of sp³-hybridized carbons (Fsp3) is 0.412. The van der Waals surface area contributed by atoms with E-state index < -0.39 is 9.84 Å². The summed E-state index contributed by atoms with van der Waals surface area (Å²) in [5.74, 6) is 0.0717. The molecule has 0 bridgehead atoms. The van der Waals surface area contributed by atoms with Crippen LogP contribution in [0.15, 0.2) is 36.4 Å². The lowest BCUT2D eigenvalue weighted by molar-refractivity contribution is 0.0945. The van der Waals surface area contributed by atoms with Gasteiger partial charge in [0, 0.05) is 6.04 Å². The number of carbonyl (C=O) groups is 1. The van der Waals surface area contributed by atoms with Crippen LogP contribution in [-0.2, 0) is 9.84 Å². The zero-order valence-corrected chi connectivity index (χ0v) is 14.0. The third kappa shape index (κ3) is 3.08. The summed E-state index contributed by atoms with van der Waals surface area (Å²) in [4.78, 5) is 12.3. The Morgan fingerprint density at radius 1 is 1.17 bits per heavy atom. The predicted molar refractivity (Wildman–Crippen MR) is 90.5 cm³/mol. The van der Waals surface area contributed by atoms with Crippen molar-refractivity contribution in [2.75, 3.05) is 11.5 Å². The number of benzene rings is 1. The van der Waals surface area contributed by atoms with Crippen LogP contribution in [-0.4, -0.2) is 41.7 Å². The normalized spacial score (nSPS) is 22.4. The van der Waals surface area contributed by atoms with Gasteiger partial charge in [-0.25, -0.2) is 8.42 Å². The summed E-state index contributed by atoms with van der Waals surface area (Å²) in [6.07, 6.45) is 2.56. The van der Waals surface area contributed by atoms with Gasteiger partial charge in [-0.2, -0.15) is 5.10 Å². The molecule has 1 saturated carbocycles. The number of nitrogens with one attached hydrogen (secondary N) is 1. The minimum Gasteiger partial charge on any atom is -0.348 e. The van der Waals surface area contributed by atoms with E-state index in [-0.39, 0.29) is 29.5 Å². The molecule has 2 heterocycles. The summed E-state index contributed by atoms with van der Waals surface area (Å²) in [5.41, 5.74) is 2.07. The van der Waals surface area contributed by atoms with Crippen molar-refractivity contribution >= 4 is 15.7 Å². The Morgan fingerprint density at radius 3 is 2.54 bits per heavy atom. The standard InChI is InChI=1S/C17H19N3O3S/c21-17(18-13-6-7-13)15-10-16(12-4-2-1-3-5-12)20(19-15)14-8-9-24(22,23)11-14/h1-5,10,13-14H,6-9,11H2,(H,18,21). The van der Waals surface area contributed by atoms with E-state index in [1.165, 1.54) is 0 Å². The molecule has 1 saturated heterocycles. The molecule has 6 nitrogen and oxygen atoms in total. The Bertz CT molecular complexity index is 870. The Kier molecular flexibility index (Phi) is 3.68. The fourth-order valence-electron chi connectivity index (χ4n) is 3.06. The van der Waals surface area contributed by atoms with Gasteiger partial charge in [-0.1, -0.05) is 30.3 Å². The third-order valence-electron chi connectivity index (χ3n) is 4.50. The van der Waals surface area contributed by atoms with Crippen LogP contribution in [0.4, 0.5) is 0 Å². The van der Waals surface area contributed by atoms with E-state index in [1.807, 2.05) is 30.3 Å². The Labute approximate surface area is 140 Å². The molecule has 126 valence electrons. The van der Waals surface area contributed by atoms with Crippen LogP contribution in [0, 0.1) is 0 Å². The van der Waals surface area contributed by atoms with Crippen molar-refractivity contribution in [3.05, 3.63) is 42.1 Å². The molecule has 1 unspecified atom stereocenters. The number of aromatic nitrogens is 2. The molecule has 1 aliphatic carbocycles. The first kappa shape index (κ1) is 15.4. The van der Waals surface area contributed by atoms with E-state index in [2.05, 4.69) is 10.4 Å². The van der Waals surface area contributed by atoms with Crippen molar-refractivity contribution in [3.8, 4) is 11.3 Å². The molecule has 0 spiro atoms. The number of hydrogen-bond donors (Lipinski definition) is 1. The smallest absolute Gasteiger partial charge is 0.272 e. The van der Waals surface area contributed by atoms with Crippen LogP contribution in [0.3, 0.4) is 0 Å². The van der Waals surface area contributed by atoms with Crippen molar-refractivity contribution in [1.82, 2.24) is 15.1 Å². The van der Waals surface area contributed by atoms with Gasteiger partial charge < -0.3 is 5.32 Å². The highest BCUT2D eigenvalue weighted by Gasteiger charge is 2.32. The van der Waals surface area contributed by atoms with Crippen molar-refractivity contribution in [3.63, 3.8) is 0 Å². The topological polar surface area (TPSA) is 81.1 Å². The Balaban J connectivity index is 1.72. The Hall–Kier alpha value is -2.15. The van der Waals surface area contributed by atoms with Gasteiger partial charge in [-0.15, -0.1) is 0 Å². The van der Waals surface area contributed by atoms with Gasteiger partial charge in [0.25, 0.3) is 5.91 Å². The highest BCUT2D eigenvalue weighted by molar-refractivity contribution is 7.91. The van der Waals surface area contributed by atoms with Crippen LogP contribution in [0.25, 0.3) is 11.3 Å². The molecular formula is C17H19N3O3S. The van der Waals surface area contributed by atoms with Gasteiger partial charge in [-0.3, -0.25) is 9.48 Å². The van der Waals surface area contributed by atoms with Crippen LogP contribution in [0.1, 0.15) is 35.8 Å². The summed E-state index contributed by atoms with van der Waals surface area (Å²) in [5, 5.41) is 7.39. The van der Waals surface area contributed by atoms with Crippen molar-refractivity contribution in [1.29, 1.82) is 0 Å². The van der Waals surface area contributed by atoms with E-state index in [9.17, 15) is 13.2 Å². The van der Waals surface area contributed by atoms with Gasteiger partial charge in [-0.05, 0) is 30.9 Å². The molecule has 2 aromatic rings. The first-order valence-electron chi connectivity index (χ1n) is 8.18. The molecule has 1 aromatic heterocycles. The highest BCUT2D eigenvalue weighted by Crippen LogP contribution is 2.30. The van der Waals surface area contributed by atoms with E-state index >= 15 is 0 Å². The summed E-state index contributed by atoms with van der Waals surface area (Å²) < 4.78 is 25.4. The van der Waals surface area contributed by atoms with Gasteiger partial charge >= 0.3 is 0 Å². The SMILES string of the molecule is O=C(NC1CC1)c1cc(-c2ccccc2)n(C2CCS(=O)(=O)C2)n1. The monoisotopic (exact) mass is 345 g/mol. The largest absolute Gasteiger partial charge is 0.348 e. The number of sulfone groups is 1. The second kappa shape index (κ2) is 5.73. The second-order valence-corrected chi connectivity index (χ2v) is 8.76. The molecule has 0 radical (unpaired) electrons. The average molecular weight is 345 g/mol. The highest BCUT2D eigenvalue weighted by atomic mass is 32.2. The molecule has 4 rings (SSSR count). The van der Waals surface area contributed by atoms with Gasteiger partial charge in [0.1, 0.15) is 0 Å². The number of carbonyl (C=O) groups excluding carboxylic acids is 1. The zero-order chi connectivity index (χ0) is 16.7. The van der Waals surface area contributed by atoms with Crippen LogP contribution >= 0.6 is 0 Å². The predicted octanol–water partition coefficient (Wildman–Crippen LogP) is 1.80. The molecule has 1 aromatic carbocycles. The van der Waals surface area contributed by atoms with Gasteiger partial charge in [0.2, 0.25) is 0 Å². The quantitative estimate of drug-likeness (QED) is 0.916. The van der Waals surface area contributed by atoms with Crippen LogP contribution in [0.2, 0.25) is 0 Å². The van der Waals surface area contributed by atoms with E-state index in [0.29, 0.717) is 12.1 Å². The molecule has 1 atom stereocenters. The molecule has 2 fully saturated rings. The van der Waals surface area contributed by atoms with Crippen molar-refractivity contribution in [2.24, 2.45) is 0 Å². The maximum atomic E-state index is 12.3. The summed E-state index contributed by atoms with van der Waals surface area (Å²) in [6.45, 7) is 0. The van der Waals surface area contributed by atoms with Crippen LogP contribution in [0.5, 0.6) is 0 Å². The zero-order valence-electron chi connectivity index (χ0n) is 13.2. The van der Waals surface area contributed by atoms with Gasteiger partial charge in [0.15, 0.2) is 15.5 Å². The van der Waals surface area contributed by atoms with E-state index in [0.717, 1.165) is 24.1 Å². The van der Waals surface area contributed by atoms with Crippen molar-refractivity contribution in [2.45, 2.75) is 31.3 Å². The minimum atomic E-state index is -3.02. The van der Waals surface area contributed by atoms with Crippen LogP contribution < -0.4 is 5.32 Å².